The van der Waals surface area contributed by atoms with Crippen molar-refractivity contribution >= 4 is 11.9 Å². The van der Waals surface area contributed by atoms with E-state index < -0.39 is 5.54 Å². The zero-order valence-corrected chi connectivity index (χ0v) is 33.1. The predicted octanol–water partition coefficient (Wildman–Crippen LogP) is 13.8. The number of rotatable bonds is 33. The number of allylic oxidation sites excluding steroid dienone is 4. The highest BCUT2D eigenvalue weighted by atomic mass is 16.6. The van der Waals surface area contributed by atoms with Crippen molar-refractivity contribution in [2.45, 2.75) is 213 Å². The Morgan fingerprint density at radius 3 is 1.24 bits per heavy atom. The fraction of sp³-hybridized carbons (Fsp3) is 0.733. The molecule has 1 rings (SSSR count). The molecule has 0 radical (unpaired) electrons. The quantitative estimate of drug-likeness (QED) is 0.0343. The molecule has 50 heavy (non-hydrogen) atoms. The summed E-state index contributed by atoms with van der Waals surface area (Å²) in [7, 11) is 0. The van der Waals surface area contributed by atoms with Gasteiger partial charge < -0.3 is 15.2 Å². The van der Waals surface area contributed by atoms with Crippen LogP contribution in [0.5, 0.6) is 11.5 Å². The summed E-state index contributed by atoms with van der Waals surface area (Å²) in [5.74, 6) is -0.0357. The predicted molar refractivity (Wildman–Crippen MR) is 214 cm³/mol. The Labute approximate surface area is 308 Å². The fourth-order valence-electron chi connectivity index (χ4n) is 6.10. The van der Waals surface area contributed by atoms with E-state index in [1.807, 2.05) is 19.9 Å². The number of hydrogen-bond acceptors (Lipinski definition) is 5. The van der Waals surface area contributed by atoms with Crippen LogP contribution in [0.15, 0.2) is 42.5 Å². The van der Waals surface area contributed by atoms with Crippen LogP contribution in [0.2, 0.25) is 0 Å². The minimum atomic E-state index is -0.614. The van der Waals surface area contributed by atoms with Crippen LogP contribution >= 0.6 is 0 Å². The fourth-order valence-corrected chi connectivity index (χ4v) is 6.10. The van der Waals surface area contributed by atoms with Crippen molar-refractivity contribution in [3.05, 3.63) is 48.1 Å². The highest BCUT2D eigenvalue weighted by Crippen LogP contribution is 2.33. The van der Waals surface area contributed by atoms with Crippen LogP contribution in [-0.4, -0.2) is 11.9 Å². The van der Waals surface area contributed by atoms with E-state index in [4.69, 9.17) is 15.2 Å². The molecule has 0 bridgehead atoms. The number of unbranched alkanes of at least 4 members (excludes halogenated alkanes) is 22. The van der Waals surface area contributed by atoms with Gasteiger partial charge in [0.25, 0.3) is 0 Å². The molecule has 0 aliphatic carbocycles. The van der Waals surface area contributed by atoms with E-state index in [0.717, 1.165) is 56.9 Å². The standard InChI is InChI=1S/C45H77NO4/c1-5-7-9-11-13-15-17-19-21-23-25-27-29-31-33-35-43(47)49-41-38-37-40(45(3,4)46)39-42(41)50-44(48)36-34-32-30-28-26-24-22-20-18-16-14-12-10-8-6-2/h19-22,37-39H,5-18,23-36,46H2,1-4H3/b21-19-,22-20-. The first-order chi connectivity index (χ1) is 24.3. The second kappa shape index (κ2) is 31.3. The van der Waals surface area contributed by atoms with Gasteiger partial charge in [0.15, 0.2) is 11.5 Å². The van der Waals surface area contributed by atoms with Crippen LogP contribution < -0.4 is 15.2 Å². The zero-order valence-electron chi connectivity index (χ0n) is 33.1. The first-order valence-electron chi connectivity index (χ1n) is 20.9. The molecule has 0 saturated heterocycles. The van der Waals surface area contributed by atoms with Crippen LogP contribution in [0.25, 0.3) is 0 Å². The first kappa shape index (κ1) is 45.6. The lowest BCUT2D eigenvalue weighted by atomic mass is 9.95. The topological polar surface area (TPSA) is 78.6 Å². The van der Waals surface area contributed by atoms with Gasteiger partial charge in [-0.3, -0.25) is 9.59 Å². The van der Waals surface area contributed by atoms with Gasteiger partial charge in [0, 0.05) is 18.4 Å². The van der Waals surface area contributed by atoms with Crippen molar-refractivity contribution < 1.29 is 19.1 Å². The summed E-state index contributed by atoms with van der Waals surface area (Å²) in [6.07, 6.45) is 41.6. The molecule has 1 aromatic carbocycles. The van der Waals surface area contributed by atoms with Gasteiger partial charge in [0.2, 0.25) is 0 Å². The molecule has 1 aromatic rings. The van der Waals surface area contributed by atoms with Crippen molar-refractivity contribution in [3.8, 4) is 11.5 Å². The van der Waals surface area contributed by atoms with E-state index in [9.17, 15) is 9.59 Å². The lowest BCUT2D eigenvalue weighted by Crippen LogP contribution is -2.28. The van der Waals surface area contributed by atoms with Crippen LogP contribution in [-0.2, 0) is 15.1 Å². The maximum Gasteiger partial charge on any atom is 0.311 e. The lowest BCUT2D eigenvalue weighted by molar-refractivity contribution is -0.137. The van der Waals surface area contributed by atoms with Gasteiger partial charge in [0.05, 0.1) is 0 Å². The summed E-state index contributed by atoms with van der Waals surface area (Å²) >= 11 is 0. The molecule has 0 aliphatic rings. The van der Waals surface area contributed by atoms with Crippen molar-refractivity contribution in [2.75, 3.05) is 0 Å². The second-order valence-electron chi connectivity index (χ2n) is 15.0. The summed E-state index contributed by atoms with van der Waals surface area (Å²) in [6.45, 7) is 8.33. The molecule has 0 aromatic heterocycles. The Kier molecular flexibility index (Phi) is 28.6. The van der Waals surface area contributed by atoms with Gasteiger partial charge in [-0.05, 0) is 95.8 Å². The Morgan fingerprint density at radius 2 is 0.860 bits per heavy atom. The van der Waals surface area contributed by atoms with Gasteiger partial charge in [-0.15, -0.1) is 0 Å². The molecule has 0 aliphatic heterocycles. The van der Waals surface area contributed by atoms with E-state index in [2.05, 4.69) is 38.2 Å². The van der Waals surface area contributed by atoms with E-state index in [1.54, 1.807) is 12.1 Å². The molecular formula is C45H77NO4. The Morgan fingerprint density at radius 1 is 0.520 bits per heavy atom. The SMILES string of the molecule is CCCCCCCC/C=C\CCCCCCCC(=O)Oc1ccc(C(C)(C)N)cc1OC(=O)CCCCCCC/C=C\CCCCCCCC. The maximum absolute atomic E-state index is 12.8. The van der Waals surface area contributed by atoms with Crippen molar-refractivity contribution in [1.82, 2.24) is 0 Å². The largest absolute Gasteiger partial charge is 0.423 e. The van der Waals surface area contributed by atoms with Crippen LogP contribution in [0.3, 0.4) is 0 Å². The maximum atomic E-state index is 12.8. The molecule has 0 saturated carbocycles. The summed E-state index contributed by atoms with van der Waals surface area (Å²) in [5.41, 5.74) is 6.52. The normalized spacial score (nSPS) is 11.9. The zero-order chi connectivity index (χ0) is 36.5. The monoisotopic (exact) mass is 696 g/mol. The Balaban J connectivity index is 2.28. The number of ether oxygens (including phenoxy) is 2. The van der Waals surface area contributed by atoms with Gasteiger partial charge in [-0.1, -0.05) is 147 Å². The molecule has 0 atom stereocenters. The molecule has 286 valence electrons. The molecule has 0 unspecified atom stereocenters. The number of esters is 2. The summed E-state index contributed by atoms with van der Waals surface area (Å²) in [6, 6.07) is 5.28. The lowest BCUT2D eigenvalue weighted by Gasteiger charge is -2.21. The molecule has 0 spiro atoms. The average Bonchev–Trinajstić information content (AvgIpc) is 3.08. The minimum Gasteiger partial charge on any atom is -0.423 e. The third-order valence-electron chi connectivity index (χ3n) is 9.42. The number of benzene rings is 1. The van der Waals surface area contributed by atoms with Gasteiger partial charge in [0.1, 0.15) is 0 Å². The number of carbonyl (C=O) groups is 2. The molecule has 5 nitrogen and oxygen atoms in total. The van der Waals surface area contributed by atoms with E-state index in [1.165, 1.54) is 116 Å². The molecule has 0 heterocycles. The Bertz CT molecular complexity index is 1040. The van der Waals surface area contributed by atoms with Crippen LogP contribution in [0.4, 0.5) is 0 Å². The molecular weight excluding hydrogens is 618 g/mol. The minimum absolute atomic E-state index is 0.275. The van der Waals surface area contributed by atoms with Crippen LogP contribution in [0, 0.1) is 0 Å². The van der Waals surface area contributed by atoms with Gasteiger partial charge in [-0.2, -0.15) is 0 Å². The summed E-state index contributed by atoms with van der Waals surface area (Å²) in [5, 5.41) is 0. The van der Waals surface area contributed by atoms with Gasteiger partial charge >= 0.3 is 11.9 Å². The molecule has 2 N–H and O–H groups in total. The number of nitrogens with two attached hydrogens (primary N) is 1. The summed E-state index contributed by atoms with van der Waals surface area (Å²) in [4.78, 5) is 25.5. The van der Waals surface area contributed by atoms with E-state index in [-0.39, 0.29) is 23.4 Å². The smallest absolute Gasteiger partial charge is 0.311 e. The van der Waals surface area contributed by atoms with Crippen LogP contribution in [0.1, 0.15) is 213 Å². The van der Waals surface area contributed by atoms with Gasteiger partial charge in [-0.25, -0.2) is 0 Å². The summed E-state index contributed by atoms with van der Waals surface area (Å²) < 4.78 is 11.4. The highest BCUT2D eigenvalue weighted by molar-refractivity contribution is 5.76. The second-order valence-corrected chi connectivity index (χ2v) is 15.0. The molecule has 5 heteroatoms. The van der Waals surface area contributed by atoms with Crippen molar-refractivity contribution in [1.29, 1.82) is 0 Å². The van der Waals surface area contributed by atoms with E-state index in [0.29, 0.717) is 12.8 Å². The first-order valence-corrected chi connectivity index (χ1v) is 20.9. The third-order valence-corrected chi connectivity index (χ3v) is 9.42. The average molecular weight is 696 g/mol. The Hall–Kier alpha value is -2.40. The third kappa shape index (κ3) is 26.4. The molecule has 0 fully saturated rings. The highest BCUT2D eigenvalue weighted by Gasteiger charge is 2.20. The van der Waals surface area contributed by atoms with E-state index >= 15 is 0 Å². The van der Waals surface area contributed by atoms with Crippen molar-refractivity contribution in [2.24, 2.45) is 5.73 Å². The molecule has 0 amide bonds. The number of carbonyl (C=O) groups excluding carboxylic acids is 2. The number of hydrogen-bond donors (Lipinski definition) is 1. The van der Waals surface area contributed by atoms with Crippen molar-refractivity contribution in [3.63, 3.8) is 0 Å².